The number of piperidine rings is 1. The zero-order valence-electron chi connectivity index (χ0n) is 11.8. The van der Waals surface area contributed by atoms with Crippen LogP contribution in [-0.2, 0) is 12.8 Å². The Morgan fingerprint density at radius 2 is 2.10 bits per heavy atom. The van der Waals surface area contributed by atoms with Crippen molar-refractivity contribution in [3.05, 3.63) is 22.9 Å². The van der Waals surface area contributed by atoms with E-state index in [2.05, 4.69) is 4.90 Å². The Hall–Kier alpha value is -1.62. The number of rotatable bonds is 2. The van der Waals surface area contributed by atoms with Crippen molar-refractivity contribution in [2.45, 2.75) is 44.6 Å². The van der Waals surface area contributed by atoms with Crippen molar-refractivity contribution in [1.29, 1.82) is 0 Å². The lowest BCUT2D eigenvalue weighted by molar-refractivity contribution is 0.1000. The molecule has 5 heteroatoms. The van der Waals surface area contributed by atoms with Crippen molar-refractivity contribution < 1.29 is 4.79 Å². The Morgan fingerprint density at radius 3 is 2.85 bits per heavy atom. The number of pyridine rings is 1. The van der Waals surface area contributed by atoms with Crippen molar-refractivity contribution in [2.75, 3.05) is 18.0 Å². The van der Waals surface area contributed by atoms with Gasteiger partial charge in [0, 0.05) is 24.8 Å². The number of aryl methyl sites for hydroxylation is 2. The fourth-order valence-electron chi connectivity index (χ4n) is 3.25. The number of hydrogen-bond donors (Lipinski definition) is 2. The van der Waals surface area contributed by atoms with Crippen molar-refractivity contribution in [2.24, 2.45) is 11.5 Å². The lowest BCUT2D eigenvalue weighted by Gasteiger charge is -2.33. The molecule has 0 radical (unpaired) electrons. The molecule has 4 N–H and O–H groups in total. The maximum Gasteiger partial charge on any atom is 0.252 e. The van der Waals surface area contributed by atoms with Gasteiger partial charge >= 0.3 is 0 Å². The van der Waals surface area contributed by atoms with E-state index >= 15 is 0 Å². The molecule has 108 valence electrons. The van der Waals surface area contributed by atoms with E-state index in [4.69, 9.17) is 16.5 Å². The van der Waals surface area contributed by atoms with Gasteiger partial charge < -0.3 is 16.4 Å². The molecule has 1 aliphatic carbocycles. The third-order valence-corrected chi connectivity index (χ3v) is 4.30. The van der Waals surface area contributed by atoms with Crippen molar-refractivity contribution >= 4 is 11.7 Å². The molecule has 2 aliphatic rings. The number of nitrogens with two attached hydrogens (primary N) is 2. The van der Waals surface area contributed by atoms with E-state index in [-0.39, 0.29) is 11.9 Å². The normalized spacial score (nSPS) is 22.4. The maximum atomic E-state index is 11.8. The third-order valence-electron chi connectivity index (χ3n) is 4.30. The van der Waals surface area contributed by atoms with Crippen LogP contribution in [0, 0.1) is 0 Å². The van der Waals surface area contributed by atoms with Crippen LogP contribution in [0.4, 0.5) is 5.82 Å². The predicted octanol–water partition coefficient (Wildman–Crippen LogP) is 0.987. The van der Waals surface area contributed by atoms with Crippen molar-refractivity contribution in [3.63, 3.8) is 0 Å². The molecule has 1 saturated heterocycles. The Morgan fingerprint density at radius 1 is 1.30 bits per heavy atom. The van der Waals surface area contributed by atoms with Crippen LogP contribution in [0.3, 0.4) is 0 Å². The first-order valence-corrected chi connectivity index (χ1v) is 7.48. The van der Waals surface area contributed by atoms with Gasteiger partial charge in [-0.25, -0.2) is 4.98 Å². The maximum absolute atomic E-state index is 11.8. The number of fused-ring (bicyclic) bond motifs is 1. The van der Waals surface area contributed by atoms with Gasteiger partial charge in [0.05, 0.1) is 5.56 Å². The fraction of sp³-hybridized carbons (Fsp3) is 0.600. The van der Waals surface area contributed by atoms with Gasteiger partial charge in [-0.1, -0.05) is 0 Å². The van der Waals surface area contributed by atoms with Gasteiger partial charge in [0.2, 0.25) is 0 Å². The standard InChI is InChI=1S/C15H22N4O/c16-11-5-3-7-19(9-11)15-12(14(17)20)8-10-4-1-2-6-13(10)18-15/h8,11H,1-7,9,16H2,(H2,17,20)/t11-/m1/s1. The summed E-state index contributed by atoms with van der Waals surface area (Å²) in [5.41, 5.74) is 14.5. The SMILES string of the molecule is NC(=O)c1cc2c(nc1N1CCC[C@@H](N)C1)CCCC2. The lowest BCUT2D eigenvalue weighted by Crippen LogP contribution is -2.44. The van der Waals surface area contributed by atoms with Crippen LogP contribution in [0.25, 0.3) is 0 Å². The number of aromatic nitrogens is 1. The first kappa shape index (κ1) is 13.4. The van der Waals surface area contributed by atoms with Crippen LogP contribution in [0.15, 0.2) is 6.07 Å². The molecule has 1 aromatic rings. The smallest absolute Gasteiger partial charge is 0.252 e. The molecule has 0 unspecified atom stereocenters. The predicted molar refractivity (Wildman–Crippen MR) is 78.8 cm³/mol. The molecular formula is C15H22N4O. The van der Waals surface area contributed by atoms with E-state index in [0.717, 1.165) is 50.3 Å². The molecule has 0 saturated carbocycles. The topological polar surface area (TPSA) is 85.2 Å². The molecule has 20 heavy (non-hydrogen) atoms. The quantitative estimate of drug-likeness (QED) is 0.842. The van der Waals surface area contributed by atoms with Gasteiger partial charge in [-0.15, -0.1) is 0 Å². The summed E-state index contributed by atoms with van der Waals surface area (Å²) >= 11 is 0. The van der Waals surface area contributed by atoms with Gasteiger partial charge in [0.1, 0.15) is 5.82 Å². The van der Waals surface area contributed by atoms with E-state index in [1.807, 2.05) is 6.07 Å². The summed E-state index contributed by atoms with van der Waals surface area (Å²) in [5, 5.41) is 0. The largest absolute Gasteiger partial charge is 0.365 e. The Balaban J connectivity index is 2.01. The van der Waals surface area contributed by atoms with Crippen molar-refractivity contribution in [3.8, 4) is 0 Å². The summed E-state index contributed by atoms with van der Waals surface area (Å²) in [5.74, 6) is 0.355. The highest BCUT2D eigenvalue weighted by molar-refractivity contribution is 5.98. The molecule has 3 rings (SSSR count). The van der Waals surface area contributed by atoms with E-state index in [1.54, 1.807) is 0 Å². The number of amides is 1. The summed E-state index contributed by atoms with van der Waals surface area (Å²) in [6.07, 6.45) is 6.42. The van der Waals surface area contributed by atoms with Crippen LogP contribution in [0.1, 0.15) is 47.3 Å². The number of anilines is 1. The third kappa shape index (κ3) is 2.50. The number of primary amides is 1. The minimum absolute atomic E-state index is 0.155. The van der Waals surface area contributed by atoms with Gasteiger partial charge in [-0.2, -0.15) is 0 Å². The molecule has 1 fully saturated rings. The highest BCUT2D eigenvalue weighted by atomic mass is 16.1. The minimum atomic E-state index is -0.389. The fourth-order valence-corrected chi connectivity index (χ4v) is 3.25. The molecular weight excluding hydrogens is 252 g/mol. The molecule has 0 bridgehead atoms. The molecule has 2 heterocycles. The van der Waals surface area contributed by atoms with Crippen LogP contribution < -0.4 is 16.4 Å². The number of nitrogens with zero attached hydrogens (tertiary/aromatic N) is 2. The van der Waals surface area contributed by atoms with E-state index < -0.39 is 0 Å². The molecule has 0 aromatic carbocycles. The summed E-state index contributed by atoms with van der Waals surface area (Å²) in [7, 11) is 0. The van der Waals surface area contributed by atoms with Crippen LogP contribution in [0.5, 0.6) is 0 Å². The van der Waals surface area contributed by atoms with Crippen molar-refractivity contribution in [1.82, 2.24) is 4.98 Å². The molecule has 1 aromatic heterocycles. The average Bonchev–Trinajstić information content (AvgIpc) is 2.46. The molecule has 0 spiro atoms. The summed E-state index contributed by atoms with van der Waals surface area (Å²) < 4.78 is 0. The van der Waals surface area contributed by atoms with Gasteiger partial charge in [-0.05, 0) is 50.2 Å². The van der Waals surface area contributed by atoms with Crippen LogP contribution in [0.2, 0.25) is 0 Å². The monoisotopic (exact) mass is 274 g/mol. The zero-order valence-corrected chi connectivity index (χ0v) is 11.8. The second kappa shape index (κ2) is 5.40. The highest BCUT2D eigenvalue weighted by Crippen LogP contribution is 2.28. The molecule has 1 atom stereocenters. The average molecular weight is 274 g/mol. The van der Waals surface area contributed by atoms with E-state index in [0.29, 0.717) is 5.56 Å². The number of carbonyl (C=O) groups is 1. The Bertz CT molecular complexity index is 529. The van der Waals surface area contributed by atoms with Gasteiger partial charge in [0.25, 0.3) is 5.91 Å². The summed E-state index contributed by atoms with van der Waals surface area (Å²) in [6, 6.07) is 2.11. The second-order valence-electron chi connectivity index (χ2n) is 5.89. The van der Waals surface area contributed by atoms with E-state index in [9.17, 15) is 4.79 Å². The number of carbonyl (C=O) groups excluding carboxylic acids is 1. The van der Waals surface area contributed by atoms with Gasteiger partial charge in [0.15, 0.2) is 0 Å². The Labute approximate surface area is 119 Å². The molecule has 5 nitrogen and oxygen atoms in total. The molecule has 1 amide bonds. The second-order valence-corrected chi connectivity index (χ2v) is 5.89. The van der Waals surface area contributed by atoms with E-state index in [1.165, 1.54) is 18.4 Å². The Kier molecular flexibility index (Phi) is 3.61. The summed E-state index contributed by atoms with van der Waals surface area (Å²) in [4.78, 5) is 18.6. The van der Waals surface area contributed by atoms with Crippen LogP contribution >= 0.6 is 0 Å². The number of hydrogen-bond acceptors (Lipinski definition) is 4. The minimum Gasteiger partial charge on any atom is -0.365 e. The van der Waals surface area contributed by atoms with Crippen LogP contribution in [-0.4, -0.2) is 30.0 Å². The lowest BCUT2D eigenvalue weighted by atomic mass is 9.94. The zero-order chi connectivity index (χ0) is 14.1. The first-order chi connectivity index (χ1) is 9.65. The highest BCUT2D eigenvalue weighted by Gasteiger charge is 2.24. The summed E-state index contributed by atoms with van der Waals surface area (Å²) in [6.45, 7) is 1.66. The first-order valence-electron chi connectivity index (χ1n) is 7.48. The molecule has 1 aliphatic heterocycles. The van der Waals surface area contributed by atoms with Gasteiger partial charge in [-0.3, -0.25) is 4.79 Å².